The lowest BCUT2D eigenvalue weighted by Gasteiger charge is -2.37. The van der Waals surface area contributed by atoms with E-state index < -0.39 is 11.5 Å². The summed E-state index contributed by atoms with van der Waals surface area (Å²) in [6.07, 6.45) is 2.32. The Morgan fingerprint density at radius 1 is 0.950 bits per heavy atom. The molecule has 1 aromatic heterocycles. The Morgan fingerprint density at radius 2 is 1.55 bits per heavy atom. The first-order chi connectivity index (χ1) is 19.1. The van der Waals surface area contributed by atoms with Gasteiger partial charge in [0.05, 0.1) is 24.2 Å². The summed E-state index contributed by atoms with van der Waals surface area (Å²) in [4.78, 5) is 27.0. The number of hydrogen-bond donors (Lipinski definition) is 2. The van der Waals surface area contributed by atoms with E-state index in [4.69, 9.17) is 25.0 Å². The molecular weight excluding hydrogens is 510 g/mol. The number of benzene rings is 2. The molecule has 2 aliphatic rings. The summed E-state index contributed by atoms with van der Waals surface area (Å²) in [5.74, 6) is 2.05. The van der Waals surface area contributed by atoms with Gasteiger partial charge in [0, 0.05) is 25.6 Å². The van der Waals surface area contributed by atoms with Gasteiger partial charge >= 0.3 is 6.09 Å². The molecule has 10 nitrogen and oxygen atoms in total. The Hall–Kier alpha value is -4.21. The van der Waals surface area contributed by atoms with Crippen LogP contribution < -0.4 is 20.5 Å². The quantitative estimate of drug-likeness (QED) is 0.429. The highest BCUT2D eigenvalue weighted by Crippen LogP contribution is 2.42. The zero-order valence-corrected chi connectivity index (χ0v) is 23.5. The minimum atomic E-state index is -0.541. The molecule has 3 aromatic rings. The van der Waals surface area contributed by atoms with Crippen LogP contribution in [-0.4, -0.2) is 59.0 Å². The maximum atomic E-state index is 12.6. The lowest BCUT2D eigenvalue weighted by molar-refractivity contribution is 0.0172. The fourth-order valence-corrected chi connectivity index (χ4v) is 5.48. The van der Waals surface area contributed by atoms with Crippen molar-refractivity contribution in [1.29, 1.82) is 0 Å². The van der Waals surface area contributed by atoms with Crippen molar-refractivity contribution in [2.24, 2.45) is 11.7 Å². The number of rotatable bonds is 6. The number of hydrogen-bond acceptors (Lipinski definition) is 7. The van der Waals surface area contributed by atoms with Crippen LogP contribution in [-0.2, 0) is 4.74 Å². The van der Waals surface area contributed by atoms with Crippen LogP contribution in [0.15, 0.2) is 48.5 Å². The van der Waals surface area contributed by atoms with Gasteiger partial charge in [-0.15, -0.1) is 0 Å². The molecule has 40 heavy (non-hydrogen) atoms. The fraction of sp³-hybridized carbons (Fsp3) is 0.433. The highest BCUT2D eigenvalue weighted by molar-refractivity contribution is 5.98. The second-order valence-corrected chi connectivity index (χ2v) is 11.3. The average Bonchev–Trinajstić information content (AvgIpc) is 3.33. The van der Waals surface area contributed by atoms with Crippen molar-refractivity contribution in [3.63, 3.8) is 0 Å². The third-order valence-corrected chi connectivity index (χ3v) is 7.39. The van der Waals surface area contributed by atoms with Crippen molar-refractivity contribution >= 4 is 17.7 Å². The molecule has 2 amide bonds. The standard InChI is InChI=1S/C30H37N5O5/c1-30(2,3)40-29(37)34-17-14-19(15-18-34)24-13-16-32-26-25(24)33-35(27(26)28(31)36)20-5-7-22(8-6-20)39-23-11-9-21(38-4)10-12-23/h5-12,19,24,32H,13-18H2,1-4H3,(H2,31,36). The SMILES string of the molecule is COc1ccc(Oc2ccc(-n3nc4c(c3C(N)=O)NCCC4C3CCN(C(=O)OC(C)(C)C)CC3)cc2)cc1. The maximum Gasteiger partial charge on any atom is 0.410 e. The Labute approximate surface area is 234 Å². The monoisotopic (exact) mass is 547 g/mol. The first-order valence-electron chi connectivity index (χ1n) is 13.7. The number of amides is 2. The summed E-state index contributed by atoms with van der Waals surface area (Å²) in [5, 5.41) is 8.30. The summed E-state index contributed by atoms with van der Waals surface area (Å²) in [7, 11) is 1.62. The van der Waals surface area contributed by atoms with E-state index in [1.807, 2.05) is 69.3 Å². The smallest absolute Gasteiger partial charge is 0.410 e. The Morgan fingerprint density at radius 3 is 2.12 bits per heavy atom. The van der Waals surface area contributed by atoms with Crippen molar-refractivity contribution in [2.75, 3.05) is 32.1 Å². The number of carbonyl (C=O) groups is 2. The van der Waals surface area contributed by atoms with Gasteiger partial charge < -0.3 is 30.2 Å². The van der Waals surface area contributed by atoms with Gasteiger partial charge in [-0.1, -0.05) is 0 Å². The summed E-state index contributed by atoms with van der Waals surface area (Å²) in [6.45, 7) is 7.63. The second-order valence-electron chi connectivity index (χ2n) is 11.3. The summed E-state index contributed by atoms with van der Waals surface area (Å²) in [5.41, 5.74) is 7.97. The molecule has 1 unspecified atom stereocenters. The van der Waals surface area contributed by atoms with Gasteiger partial charge in [0.15, 0.2) is 5.69 Å². The Balaban J connectivity index is 1.34. The fourth-order valence-electron chi connectivity index (χ4n) is 5.48. The molecule has 10 heteroatoms. The first kappa shape index (κ1) is 27.4. The Bertz CT molecular complexity index is 1350. The molecule has 3 heterocycles. The van der Waals surface area contributed by atoms with Gasteiger partial charge in [-0.05, 0) is 94.5 Å². The van der Waals surface area contributed by atoms with E-state index in [1.54, 1.807) is 16.7 Å². The number of ether oxygens (including phenoxy) is 3. The van der Waals surface area contributed by atoms with Crippen LogP contribution in [0.2, 0.25) is 0 Å². The largest absolute Gasteiger partial charge is 0.497 e. The van der Waals surface area contributed by atoms with Crippen LogP contribution >= 0.6 is 0 Å². The molecule has 1 saturated heterocycles. The number of likely N-dealkylation sites (tertiary alicyclic amines) is 1. The number of nitrogens with one attached hydrogen (secondary N) is 1. The predicted octanol–water partition coefficient (Wildman–Crippen LogP) is 5.32. The van der Waals surface area contributed by atoms with E-state index in [2.05, 4.69) is 5.32 Å². The maximum absolute atomic E-state index is 12.6. The van der Waals surface area contributed by atoms with Crippen LogP contribution in [0.3, 0.4) is 0 Å². The van der Waals surface area contributed by atoms with Gasteiger partial charge in [-0.2, -0.15) is 5.10 Å². The van der Waals surface area contributed by atoms with Crippen molar-refractivity contribution in [3.05, 3.63) is 59.9 Å². The number of nitrogens with two attached hydrogens (primary N) is 1. The zero-order valence-electron chi connectivity index (χ0n) is 23.5. The number of fused-ring (bicyclic) bond motifs is 1. The van der Waals surface area contributed by atoms with Crippen LogP contribution in [0, 0.1) is 5.92 Å². The van der Waals surface area contributed by atoms with E-state index >= 15 is 0 Å². The number of aromatic nitrogens is 2. The van der Waals surface area contributed by atoms with Crippen molar-refractivity contribution in [1.82, 2.24) is 14.7 Å². The average molecular weight is 548 g/mol. The third kappa shape index (κ3) is 5.85. The van der Waals surface area contributed by atoms with Crippen LogP contribution in [0.4, 0.5) is 10.5 Å². The van der Waals surface area contributed by atoms with Crippen molar-refractivity contribution < 1.29 is 23.8 Å². The van der Waals surface area contributed by atoms with E-state index in [-0.39, 0.29) is 12.0 Å². The van der Waals surface area contributed by atoms with E-state index in [0.29, 0.717) is 47.6 Å². The predicted molar refractivity (Wildman–Crippen MR) is 152 cm³/mol. The molecular formula is C30H37N5O5. The normalized spacial score (nSPS) is 17.5. The summed E-state index contributed by atoms with van der Waals surface area (Å²) in [6, 6.07) is 14.7. The molecule has 0 saturated carbocycles. The number of nitrogens with zero attached hydrogens (tertiary/aromatic N) is 3. The molecule has 5 rings (SSSR count). The van der Waals surface area contributed by atoms with Gasteiger partial charge in [0.2, 0.25) is 0 Å². The number of primary amides is 1. The summed E-state index contributed by atoms with van der Waals surface area (Å²) < 4.78 is 18.3. The molecule has 0 aliphatic carbocycles. The lowest BCUT2D eigenvalue weighted by atomic mass is 9.78. The van der Waals surface area contributed by atoms with Gasteiger partial charge in [-0.25, -0.2) is 9.48 Å². The van der Waals surface area contributed by atoms with Crippen molar-refractivity contribution in [2.45, 2.75) is 51.6 Å². The van der Waals surface area contributed by atoms with E-state index in [1.165, 1.54) is 0 Å². The molecule has 212 valence electrons. The number of carbonyl (C=O) groups excluding carboxylic acids is 2. The van der Waals surface area contributed by atoms with Gasteiger partial charge in [0.1, 0.15) is 22.8 Å². The minimum absolute atomic E-state index is 0.161. The molecule has 3 N–H and O–H groups in total. The van der Waals surface area contributed by atoms with E-state index in [0.717, 1.165) is 37.3 Å². The molecule has 2 aliphatic heterocycles. The molecule has 1 atom stereocenters. The van der Waals surface area contributed by atoms with Gasteiger partial charge in [-0.3, -0.25) is 4.79 Å². The van der Waals surface area contributed by atoms with Crippen LogP contribution in [0.5, 0.6) is 17.2 Å². The Kier molecular flexibility index (Phi) is 7.60. The lowest BCUT2D eigenvalue weighted by Crippen LogP contribution is -2.43. The second kappa shape index (κ2) is 11.1. The molecule has 0 bridgehead atoms. The van der Waals surface area contributed by atoms with Gasteiger partial charge in [0.25, 0.3) is 5.91 Å². The number of methoxy groups -OCH3 is 1. The first-order valence-corrected chi connectivity index (χ1v) is 13.7. The number of anilines is 1. The van der Waals surface area contributed by atoms with E-state index in [9.17, 15) is 9.59 Å². The van der Waals surface area contributed by atoms with Crippen LogP contribution in [0.25, 0.3) is 5.69 Å². The number of piperidine rings is 1. The molecule has 0 radical (unpaired) electrons. The zero-order chi connectivity index (χ0) is 28.4. The van der Waals surface area contributed by atoms with Crippen LogP contribution in [0.1, 0.15) is 62.1 Å². The molecule has 0 spiro atoms. The topological polar surface area (TPSA) is 121 Å². The highest BCUT2D eigenvalue weighted by Gasteiger charge is 2.37. The molecule has 2 aromatic carbocycles. The van der Waals surface area contributed by atoms with Crippen molar-refractivity contribution in [3.8, 4) is 22.9 Å². The minimum Gasteiger partial charge on any atom is -0.497 e. The highest BCUT2D eigenvalue weighted by atomic mass is 16.6. The third-order valence-electron chi connectivity index (χ3n) is 7.39. The summed E-state index contributed by atoms with van der Waals surface area (Å²) >= 11 is 0. The molecule has 1 fully saturated rings.